The fraction of sp³-hybridized carbons (Fsp3) is 0.750. The lowest BCUT2D eigenvalue weighted by Crippen LogP contribution is -2.23. The van der Waals surface area contributed by atoms with Gasteiger partial charge in [0.2, 0.25) is 0 Å². The van der Waals surface area contributed by atoms with Crippen molar-refractivity contribution in [2.45, 2.75) is 53.1 Å². The molecule has 0 saturated carbocycles. The zero-order valence-corrected chi connectivity index (χ0v) is 11.6. The van der Waals surface area contributed by atoms with Crippen molar-refractivity contribution in [1.29, 1.82) is 0 Å². The van der Waals surface area contributed by atoms with E-state index in [1.165, 1.54) is 0 Å². The monoisotopic (exact) mass is 243 g/mol. The quantitative estimate of drug-likeness (QED) is 0.557. The molecule has 0 aromatic carbocycles. The van der Waals surface area contributed by atoms with Gasteiger partial charge in [-0.2, -0.15) is 4.99 Å². The van der Waals surface area contributed by atoms with Crippen molar-refractivity contribution < 1.29 is 9.53 Å². The number of carbonyl (C=O) groups is 1. The Morgan fingerprint density at radius 3 is 2.44 bits per heavy atom. The number of ether oxygens (including phenoxy) is 1. The van der Waals surface area contributed by atoms with Gasteiger partial charge in [-0.1, -0.05) is 26.1 Å². The van der Waals surface area contributed by atoms with E-state index >= 15 is 0 Å². The second-order valence-electron chi connectivity index (χ2n) is 4.74. The Morgan fingerprint density at radius 2 is 2.06 bits per heavy atom. The van der Waals surface area contributed by atoms with Gasteiger partial charge >= 0.3 is 6.09 Å². The summed E-state index contributed by atoms with van der Waals surface area (Å²) in [6.45, 7) is 9.46. The van der Waals surface area contributed by atoms with Crippen LogP contribution in [0.25, 0.3) is 0 Å². The third kappa shape index (κ3) is 6.67. The highest BCUT2D eigenvalue weighted by Gasteiger charge is 2.17. The Morgan fingerprint density at radius 1 is 1.50 bits per heavy atom. The number of hydrogen-bond acceptors (Lipinski definition) is 3. The van der Waals surface area contributed by atoms with Gasteiger partial charge in [0.1, 0.15) is 5.60 Å². The molecule has 0 aromatic rings. The maximum Gasteiger partial charge on any atom is 0.434 e. The lowest BCUT2D eigenvalue weighted by molar-refractivity contribution is 0.0603. The number of amides is 1. The minimum absolute atomic E-state index is 0.204. The van der Waals surface area contributed by atoms with Crippen molar-refractivity contribution in [1.82, 2.24) is 0 Å². The predicted molar refractivity (Wildman–Crippen MR) is 71.4 cm³/mol. The molecular formula is C12H21NO2S. The summed E-state index contributed by atoms with van der Waals surface area (Å²) in [5, 5.41) is 1.67. The molecule has 0 aliphatic heterocycles. The SMILES string of the molecule is CCC(=NC(=O)OC(C)(C)C)C(C)CC=S. The Bertz CT molecular complexity index is 279. The second kappa shape index (κ2) is 6.74. The topological polar surface area (TPSA) is 38.7 Å². The molecule has 92 valence electrons. The number of thiocarbonyl (C=S) groups is 1. The van der Waals surface area contributed by atoms with E-state index < -0.39 is 11.7 Å². The maximum atomic E-state index is 11.5. The molecule has 0 rings (SSSR count). The van der Waals surface area contributed by atoms with Gasteiger partial charge in [0.05, 0.1) is 0 Å². The molecule has 0 radical (unpaired) electrons. The fourth-order valence-electron chi connectivity index (χ4n) is 1.22. The average Bonchev–Trinajstić information content (AvgIpc) is 2.11. The minimum Gasteiger partial charge on any atom is -0.442 e. The summed E-state index contributed by atoms with van der Waals surface area (Å²) in [5.74, 6) is 0.204. The summed E-state index contributed by atoms with van der Waals surface area (Å²) in [4.78, 5) is 15.5. The molecule has 0 aromatic heterocycles. The third-order valence-electron chi connectivity index (χ3n) is 2.01. The molecule has 0 spiro atoms. The highest BCUT2D eigenvalue weighted by molar-refractivity contribution is 7.78. The van der Waals surface area contributed by atoms with E-state index in [-0.39, 0.29) is 5.92 Å². The molecule has 0 aliphatic rings. The zero-order chi connectivity index (χ0) is 12.8. The molecule has 3 nitrogen and oxygen atoms in total. The minimum atomic E-state index is -0.513. The van der Waals surface area contributed by atoms with E-state index in [4.69, 9.17) is 17.0 Å². The number of nitrogens with zero attached hydrogens (tertiary/aromatic N) is 1. The molecule has 0 heterocycles. The van der Waals surface area contributed by atoms with Crippen LogP contribution in [0.5, 0.6) is 0 Å². The van der Waals surface area contributed by atoms with Crippen LogP contribution in [0.15, 0.2) is 4.99 Å². The van der Waals surface area contributed by atoms with Gasteiger partial charge in [-0.15, -0.1) is 0 Å². The van der Waals surface area contributed by atoms with E-state index in [1.54, 1.807) is 5.37 Å². The number of carbonyl (C=O) groups excluding carboxylic acids is 1. The van der Waals surface area contributed by atoms with Crippen molar-refractivity contribution in [3.63, 3.8) is 0 Å². The molecule has 0 fully saturated rings. The first-order chi connectivity index (χ1) is 7.30. The number of aliphatic imine (C=N–C) groups is 1. The van der Waals surface area contributed by atoms with Crippen LogP contribution < -0.4 is 0 Å². The molecule has 0 N–H and O–H groups in total. The van der Waals surface area contributed by atoms with Crippen LogP contribution in [0, 0.1) is 5.92 Å². The average molecular weight is 243 g/mol. The summed E-state index contributed by atoms with van der Waals surface area (Å²) in [7, 11) is 0. The van der Waals surface area contributed by atoms with Crippen molar-refractivity contribution in [2.24, 2.45) is 10.9 Å². The highest BCUT2D eigenvalue weighted by Crippen LogP contribution is 2.11. The smallest absolute Gasteiger partial charge is 0.434 e. The van der Waals surface area contributed by atoms with Gasteiger partial charge in [-0.05, 0) is 44.9 Å². The van der Waals surface area contributed by atoms with Gasteiger partial charge in [0.15, 0.2) is 0 Å². The summed E-state index contributed by atoms with van der Waals surface area (Å²) < 4.78 is 5.14. The molecule has 1 unspecified atom stereocenters. The third-order valence-corrected chi connectivity index (χ3v) is 2.20. The standard InChI is InChI=1S/C12H21NO2S/c1-6-10(9(2)7-8-16)13-11(14)15-12(3,4)5/h8-9H,6-7H2,1-5H3. The number of hydrogen-bond donors (Lipinski definition) is 0. The van der Waals surface area contributed by atoms with Crippen molar-refractivity contribution >= 4 is 29.4 Å². The second-order valence-corrected chi connectivity index (χ2v) is 5.07. The van der Waals surface area contributed by atoms with E-state index in [0.717, 1.165) is 18.6 Å². The van der Waals surface area contributed by atoms with E-state index in [2.05, 4.69) is 4.99 Å². The Kier molecular flexibility index (Phi) is 6.41. The molecule has 0 saturated heterocycles. The van der Waals surface area contributed by atoms with Gasteiger partial charge in [-0.25, -0.2) is 4.79 Å². The van der Waals surface area contributed by atoms with Crippen LogP contribution in [-0.2, 0) is 4.74 Å². The van der Waals surface area contributed by atoms with E-state index in [1.807, 2.05) is 34.6 Å². The molecule has 16 heavy (non-hydrogen) atoms. The highest BCUT2D eigenvalue weighted by atomic mass is 32.1. The first-order valence-electron chi connectivity index (χ1n) is 5.54. The molecular weight excluding hydrogens is 222 g/mol. The van der Waals surface area contributed by atoms with Crippen molar-refractivity contribution in [3.8, 4) is 0 Å². The van der Waals surface area contributed by atoms with Gasteiger partial charge in [0, 0.05) is 5.71 Å². The summed E-state index contributed by atoms with van der Waals surface area (Å²) >= 11 is 4.80. The molecule has 4 heteroatoms. The van der Waals surface area contributed by atoms with Crippen molar-refractivity contribution in [3.05, 3.63) is 0 Å². The van der Waals surface area contributed by atoms with E-state index in [0.29, 0.717) is 0 Å². The molecule has 0 bridgehead atoms. The normalized spacial score (nSPS) is 14.4. The van der Waals surface area contributed by atoms with Crippen LogP contribution >= 0.6 is 12.2 Å². The molecule has 0 aliphatic carbocycles. The summed E-state index contributed by atoms with van der Waals surface area (Å²) in [5.41, 5.74) is 0.350. The van der Waals surface area contributed by atoms with Gasteiger partial charge in [-0.3, -0.25) is 0 Å². The van der Waals surface area contributed by atoms with Crippen LogP contribution in [-0.4, -0.2) is 22.8 Å². The first kappa shape index (κ1) is 15.2. The van der Waals surface area contributed by atoms with Gasteiger partial charge in [0.25, 0.3) is 0 Å². The Hall–Kier alpha value is -0.770. The summed E-state index contributed by atoms with van der Waals surface area (Å²) in [6.07, 6.45) is 0.981. The zero-order valence-electron chi connectivity index (χ0n) is 10.7. The van der Waals surface area contributed by atoms with Crippen molar-refractivity contribution in [2.75, 3.05) is 0 Å². The summed E-state index contributed by atoms with van der Waals surface area (Å²) in [6, 6.07) is 0. The predicted octanol–water partition coefficient (Wildman–Crippen LogP) is 3.80. The Labute approximate surface area is 103 Å². The Balaban J connectivity index is 4.57. The van der Waals surface area contributed by atoms with E-state index in [9.17, 15) is 4.79 Å². The molecule has 1 atom stereocenters. The largest absolute Gasteiger partial charge is 0.442 e. The van der Waals surface area contributed by atoms with Crippen LogP contribution in [0.4, 0.5) is 4.79 Å². The number of rotatable bonds is 4. The fourth-order valence-corrected chi connectivity index (χ4v) is 1.51. The van der Waals surface area contributed by atoms with Crippen LogP contribution in [0.1, 0.15) is 47.5 Å². The lowest BCUT2D eigenvalue weighted by atomic mass is 10.0. The molecule has 1 amide bonds. The maximum absolute atomic E-state index is 11.5. The first-order valence-corrected chi connectivity index (χ1v) is 6.01. The van der Waals surface area contributed by atoms with Gasteiger partial charge < -0.3 is 4.74 Å². The lowest BCUT2D eigenvalue weighted by Gasteiger charge is -2.18. The van der Waals surface area contributed by atoms with Crippen LogP contribution in [0.2, 0.25) is 0 Å². The van der Waals surface area contributed by atoms with Crippen LogP contribution in [0.3, 0.4) is 0 Å².